The molecule has 0 unspecified atom stereocenters. The van der Waals surface area contributed by atoms with Gasteiger partial charge in [0, 0.05) is 4.92 Å². The van der Waals surface area contributed by atoms with Crippen molar-refractivity contribution in [3.05, 3.63) is 10.1 Å². The average molecular weight is 182 g/mol. The van der Waals surface area contributed by atoms with Crippen LogP contribution in [0.5, 0.6) is 0 Å². The van der Waals surface area contributed by atoms with Gasteiger partial charge in [0.05, 0.1) is 8.41 Å². The number of aliphatic hydroxyl groups is 3. The number of rotatable bonds is 4. The molecule has 6 N–H and O–H groups in total. The van der Waals surface area contributed by atoms with Crippen LogP contribution in [-0.2, 0) is 0 Å². The Balaban J connectivity index is -0.000000405. The van der Waals surface area contributed by atoms with Crippen LogP contribution in [0.15, 0.2) is 0 Å². The molecule has 0 amide bonds. The van der Waals surface area contributed by atoms with Gasteiger partial charge in [0.25, 0.3) is 5.54 Å². The highest BCUT2D eigenvalue weighted by molar-refractivity contribution is 5.75. The number of hydrogen-bond donors (Lipinski definition) is 4. The predicted octanol–water partition coefficient (Wildman–Crippen LogP) is -3.04. The predicted molar refractivity (Wildman–Crippen MR) is 45.9 cm³/mol. The van der Waals surface area contributed by atoms with Crippen molar-refractivity contribution in [2.75, 3.05) is 19.8 Å². The number of aliphatic hydroxyl groups excluding tert-OH is 3. The molecular formula is C4H15BN2O5. The summed E-state index contributed by atoms with van der Waals surface area (Å²) in [6.45, 7) is -2.60. The lowest BCUT2D eigenvalue weighted by Gasteiger charge is -2.16. The minimum atomic E-state index is -1.99. The maximum atomic E-state index is 10.0. The Morgan fingerprint density at radius 2 is 1.42 bits per heavy atom. The van der Waals surface area contributed by atoms with Gasteiger partial charge in [-0.05, 0) is 0 Å². The van der Waals surface area contributed by atoms with Crippen LogP contribution in [0.4, 0.5) is 0 Å². The van der Waals surface area contributed by atoms with E-state index in [0.717, 1.165) is 0 Å². The monoisotopic (exact) mass is 182 g/mol. The molecule has 0 aliphatic carbocycles. The molecule has 0 aromatic rings. The molecule has 8 heteroatoms. The van der Waals surface area contributed by atoms with Gasteiger partial charge in [-0.1, -0.05) is 0 Å². The Labute approximate surface area is 71.3 Å². The van der Waals surface area contributed by atoms with E-state index in [1.54, 1.807) is 0 Å². The Bertz CT molecular complexity index is 120. The fraction of sp³-hybridized carbons (Fsp3) is 1.00. The highest BCUT2D eigenvalue weighted by Crippen LogP contribution is 2.05. The van der Waals surface area contributed by atoms with E-state index in [-0.39, 0.29) is 14.6 Å². The van der Waals surface area contributed by atoms with Crippen LogP contribution in [0.1, 0.15) is 0 Å². The van der Waals surface area contributed by atoms with Crippen molar-refractivity contribution in [3.8, 4) is 0 Å². The minimum absolute atomic E-state index is 0. The summed E-state index contributed by atoms with van der Waals surface area (Å²) in [6.07, 6.45) is 0. The Hall–Kier alpha value is -0.695. The molecule has 0 bridgehead atoms. The van der Waals surface area contributed by atoms with Crippen molar-refractivity contribution in [2.24, 2.45) is 0 Å². The van der Waals surface area contributed by atoms with E-state index < -0.39 is 30.3 Å². The van der Waals surface area contributed by atoms with Crippen molar-refractivity contribution in [3.63, 3.8) is 0 Å². The van der Waals surface area contributed by atoms with Crippen molar-refractivity contribution < 1.29 is 20.2 Å². The number of hydrogen-bond acceptors (Lipinski definition) is 6. The molecule has 0 saturated carbocycles. The van der Waals surface area contributed by atoms with Crippen molar-refractivity contribution >= 4 is 8.41 Å². The second kappa shape index (κ2) is 6.98. The fourth-order valence-electron chi connectivity index (χ4n) is 0.323. The molecule has 0 aliphatic rings. The number of nitrogens with zero attached hydrogens (tertiary/aromatic N) is 1. The lowest BCUT2D eigenvalue weighted by atomic mass is 10.1. The molecular weight excluding hydrogens is 167 g/mol. The fourth-order valence-corrected chi connectivity index (χ4v) is 0.323. The third kappa shape index (κ3) is 3.14. The zero-order valence-electron chi connectivity index (χ0n) is 5.93. The molecule has 0 heterocycles. The van der Waals surface area contributed by atoms with Gasteiger partial charge in [-0.25, -0.2) is 0 Å². The van der Waals surface area contributed by atoms with E-state index in [2.05, 4.69) is 0 Å². The summed E-state index contributed by atoms with van der Waals surface area (Å²) in [6, 6.07) is 0. The standard InChI is InChI=1S/C4H9NO5.BH3.H3N/c6-1-4(2-7,3-8)5(9)10;;/h6-8H,1-3H2;2*1H3. The first-order chi connectivity index (χ1) is 4.63. The van der Waals surface area contributed by atoms with E-state index in [1.165, 1.54) is 0 Å². The summed E-state index contributed by atoms with van der Waals surface area (Å²) in [5.74, 6) is 0. The summed E-state index contributed by atoms with van der Waals surface area (Å²) >= 11 is 0. The third-order valence-electron chi connectivity index (χ3n) is 1.27. The Kier molecular flexibility index (Phi) is 10.1. The Morgan fingerprint density at radius 3 is 1.42 bits per heavy atom. The van der Waals surface area contributed by atoms with Crippen LogP contribution in [0.25, 0.3) is 0 Å². The summed E-state index contributed by atoms with van der Waals surface area (Å²) in [5, 5.41) is 35.2. The van der Waals surface area contributed by atoms with Crippen LogP contribution in [0.3, 0.4) is 0 Å². The van der Waals surface area contributed by atoms with E-state index in [1.807, 2.05) is 0 Å². The van der Waals surface area contributed by atoms with E-state index in [0.29, 0.717) is 0 Å². The second-order valence-corrected chi connectivity index (χ2v) is 1.96. The molecule has 7 nitrogen and oxygen atoms in total. The third-order valence-corrected chi connectivity index (χ3v) is 1.27. The normalized spacial score (nSPS) is 9.58. The highest BCUT2D eigenvalue weighted by Gasteiger charge is 2.41. The average Bonchev–Trinajstić information content (AvgIpc) is 1.92. The van der Waals surface area contributed by atoms with Gasteiger partial charge in [-0.2, -0.15) is 0 Å². The summed E-state index contributed by atoms with van der Waals surface area (Å²) in [5.41, 5.74) is -1.99. The minimum Gasteiger partial charge on any atom is -0.389 e. The maximum absolute atomic E-state index is 10.0. The van der Waals surface area contributed by atoms with Crippen LogP contribution in [0.2, 0.25) is 0 Å². The topological polar surface area (TPSA) is 139 Å². The first-order valence-electron chi connectivity index (χ1n) is 2.60. The van der Waals surface area contributed by atoms with Gasteiger partial charge < -0.3 is 21.5 Å². The van der Waals surface area contributed by atoms with Crippen LogP contribution < -0.4 is 6.15 Å². The Morgan fingerprint density at radius 1 is 1.17 bits per heavy atom. The largest absolute Gasteiger partial charge is 0.389 e. The van der Waals surface area contributed by atoms with Gasteiger partial charge in [-0.3, -0.25) is 10.1 Å². The van der Waals surface area contributed by atoms with Gasteiger partial charge in [0.2, 0.25) is 0 Å². The van der Waals surface area contributed by atoms with Gasteiger partial charge in [0.1, 0.15) is 19.8 Å². The van der Waals surface area contributed by atoms with E-state index >= 15 is 0 Å². The van der Waals surface area contributed by atoms with Crippen molar-refractivity contribution in [1.29, 1.82) is 0 Å². The molecule has 12 heavy (non-hydrogen) atoms. The maximum Gasteiger partial charge on any atom is 0.289 e. The summed E-state index contributed by atoms with van der Waals surface area (Å²) < 4.78 is 0. The molecule has 0 aromatic heterocycles. The zero-order chi connectivity index (χ0) is 8.20. The quantitative estimate of drug-likeness (QED) is 0.207. The molecule has 74 valence electrons. The second-order valence-electron chi connectivity index (χ2n) is 1.96. The first-order valence-corrected chi connectivity index (χ1v) is 2.60. The molecule has 0 fully saturated rings. The van der Waals surface area contributed by atoms with Crippen LogP contribution >= 0.6 is 0 Å². The van der Waals surface area contributed by atoms with Crippen LogP contribution in [0, 0.1) is 10.1 Å². The van der Waals surface area contributed by atoms with Crippen LogP contribution in [-0.4, -0.2) is 54.0 Å². The van der Waals surface area contributed by atoms with E-state index in [9.17, 15) is 10.1 Å². The molecule has 0 atom stereocenters. The molecule has 0 aliphatic heterocycles. The highest BCUT2D eigenvalue weighted by atomic mass is 16.6. The molecule has 0 spiro atoms. The first kappa shape index (κ1) is 17.4. The van der Waals surface area contributed by atoms with Gasteiger partial charge >= 0.3 is 0 Å². The van der Waals surface area contributed by atoms with Crippen molar-refractivity contribution in [2.45, 2.75) is 5.54 Å². The molecule has 0 aromatic carbocycles. The van der Waals surface area contributed by atoms with E-state index in [4.69, 9.17) is 15.3 Å². The lowest BCUT2D eigenvalue weighted by Crippen LogP contribution is -2.49. The molecule has 0 radical (unpaired) electrons. The summed E-state index contributed by atoms with van der Waals surface area (Å²) in [4.78, 5) is 9.14. The van der Waals surface area contributed by atoms with Gasteiger partial charge in [-0.15, -0.1) is 0 Å². The zero-order valence-corrected chi connectivity index (χ0v) is 5.93. The van der Waals surface area contributed by atoms with Crippen molar-refractivity contribution in [1.82, 2.24) is 6.15 Å². The SMILES string of the molecule is B.N.O=[N+]([O-])C(CO)(CO)CO. The lowest BCUT2D eigenvalue weighted by molar-refractivity contribution is -0.580. The summed E-state index contributed by atoms with van der Waals surface area (Å²) in [7, 11) is 0. The van der Waals surface area contributed by atoms with Gasteiger partial charge in [0.15, 0.2) is 0 Å². The number of nitro groups is 1. The molecule has 0 saturated heterocycles. The smallest absolute Gasteiger partial charge is 0.289 e. The molecule has 0 rings (SSSR count).